The molecular formula is C14H26N2O3. The molecule has 5 heteroatoms. The number of rotatable bonds is 6. The summed E-state index contributed by atoms with van der Waals surface area (Å²) in [5, 5.41) is 15.1. The van der Waals surface area contributed by atoms with Gasteiger partial charge in [-0.2, -0.15) is 0 Å². The van der Waals surface area contributed by atoms with Crippen molar-refractivity contribution in [3.8, 4) is 0 Å². The van der Waals surface area contributed by atoms with Crippen molar-refractivity contribution in [2.75, 3.05) is 13.1 Å². The van der Waals surface area contributed by atoms with Gasteiger partial charge in [-0.3, -0.25) is 9.59 Å². The predicted molar refractivity (Wildman–Crippen MR) is 73.8 cm³/mol. The first kappa shape index (κ1) is 16.0. The lowest BCUT2D eigenvalue weighted by atomic mass is 9.93. The summed E-state index contributed by atoms with van der Waals surface area (Å²) in [6.45, 7) is 7.19. The minimum absolute atomic E-state index is 0.0680. The quantitative estimate of drug-likeness (QED) is 0.678. The highest BCUT2D eigenvalue weighted by Crippen LogP contribution is 2.15. The van der Waals surface area contributed by atoms with Crippen LogP contribution in [0.4, 0.5) is 0 Å². The summed E-state index contributed by atoms with van der Waals surface area (Å²) in [6.07, 6.45) is 2.51. The molecule has 0 saturated carbocycles. The highest BCUT2D eigenvalue weighted by Gasteiger charge is 2.26. The van der Waals surface area contributed by atoms with Gasteiger partial charge in [-0.05, 0) is 37.6 Å². The van der Waals surface area contributed by atoms with Crippen LogP contribution in [0.2, 0.25) is 0 Å². The molecule has 3 N–H and O–H groups in total. The number of hydrogen-bond acceptors (Lipinski definition) is 3. The SMILES string of the molecule is CC(C)CC(CNC(=O)C1CC(C)CCN1)C(=O)O. The maximum Gasteiger partial charge on any atom is 0.308 e. The van der Waals surface area contributed by atoms with E-state index in [-0.39, 0.29) is 18.5 Å². The molecule has 1 aliphatic heterocycles. The molecule has 1 fully saturated rings. The molecule has 1 saturated heterocycles. The Balaban J connectivity index is 2.40. The van der Waals surface area contributed by atoms with Crippen molar-refractivity contribution in [1.82, 2.24) is 10.6 Å². The van der Waals surface area contributed by atoms with Gasteiger partial charge >= 0.3 is 5.97 Å². The van der Waals surface area contributed by atoms with Gasteiger partial charge < -0.3 is 15.7 Å². The van der Waals surface area contributed by atoms with Gasteiger partial charge in [-0.1, -0.05) is 20.8 Å². The standard InChI is InChI=1S/C14H26N2O3/c1-9(2)6-11(14(18)19)8-16-13(17)12-7-10(3)4-5-15-12/h9-12,15H,4-8H2,1-3H3,(H,16,17)(H,18,19). The topological polar surface area (TPSA) is 78.4 Å². The van der Waals surface area contributed by atoms with E-state index in [1.54, 1.807) is 0 Å². The van der Waals surface area contributed by atoms with Crippen molar-refractivity contribution in [2.24, 2.45) is 17.8 Å². The summed E-state index contributed by atoms with van der Waals surface area (Å²) < 4.78 is 0. The largest absolute Gasteiger partial charge is 0.481 e. The predicted octanol–water partition coefficient (Wildman–Crippen LogP) is 1.24. The number of carboxylic acids is 1. The molecule has 1 heterocycles. The fourth-order valence-electron chi connectivity index (χ4n) is 2.49. The number of piperidine rings is 1. The van der Waals surface area contributed by atoms with Crippen molar-refractivity contribution in [3.63, 3.8) is 0 Å². The third-order valence-electron chi connectivity index (χ3n) is 3.61. The first-order chi connectivity index (χ1) is 8.90. The van der Waals surface area contributed by atoms with E-state index in [4.69, 9.17) is 5.11 Å². The molecule has 3 atom stereocenters. The second kappa shape index (κ2) is 7.48. The van der Waals surface area contributed by atoms with Gasteiger partial charge in [0.15, 0.2) is 0 Å². The number of carboxylic acid groups (broad SMARTS) is 1. The minimum Gasteiger partial charge on any atom is -0.481 e. The van der Waals surface area contributed by atoms with E-state index < -0.39 is 11.9 Å². The van der Waals surface area contributed by atoms with Gasteiger partial charge in [-0.25, -0.2) is 0 Å². The summed E-state index contributed by atoms with van der Waals surface area (Å²) in [5.74, 6) is -0.542. The van der Waals surface area contributed by atoms with Crippen molar-refractivity contribution in [3.05, 3.63) is 0 Å². The van der Waals surface area contributed by atoms with Crippen molar-refractivity contribution >= 4 is 11.9 Å². The monoisotopic (exact) mass is 270 g/mol. The fourth-order valence-corrected chi connectivity index (χ4v) is 2.49. The van der Waals surface area contributed by atoms with Crippen molar-refractivity contribution < 1.29 is 14.7 Å². The fraction of sp³-hybridized carbons (Fsp3) is 0.857. The van der Waals surface area contributed by atoms with Crippen molar-refractivity contribution in [1.29, 1.82) is 0 Å². The molecule has 110 valence electrons. The van der Waals surface area contributed by atoms with E-state index in [1.165, 1.54) is 0 Å². The van der Waals surface area contributed by atoms with Crippen LogP contribution >= 0.6 is 0 Å². The third kappa shape index (κ3) is 5.59. The van der Waals surface area contributed by atoms with Crippen LogP contribution in [0, 0.1) is 17.8 Å². The van der Waals surface area contributed by atoms with Crippen LogP contribution < -0.4 is 10.6 Å². The van der Waals surface area contributed by atoms with E-state index in [1.807, 2.05) is 13.8 Å². The zero-order valence-electron chi connectivity index (χ0n) is 12.1. The molecule has 0 aromatic rings. The van der Waals surface area contributed by atoms with Crippen LogP contribution in [0.15, 0.2) is 0 Å². The first-order valence-electron chi connectivity index (χ1n) is 7.14. The van der Waals surface area contributed by atoms with Gasteiger partial charge in [-0.15, -0.1) is 0 Å². The molecule has 0 aliphatic carbocycles. The van der Waals surface area contributed by atoms with Crippen LogP contribution in [0.1, 0.15) is 40.0 Å². The molecule has 0 spiro atoms. The lowest BCUT2D eigenvalue weighted by Gasteiger charge is -2.27. The summed E-state index contributed by atoms with van der Waals surface area (Å²) >= 11 is 0. The number of amides is 1. The van der Waals surface area contributed by atoms with E-state index >= 15 is 0 Å². The van der Waals surface area contributed by atoms with Gasteiger partial charge in [0, 0.05) is 6.54 Å². The molecule has 1 rings (SSSR count). The van der Waals surface area contributed by atoms with Crippen LogP contribution in [-0.4, -0.2) is 36.1 Å². The number of carbonyl (C=O) groups excluding carboxylic acids is 1. The Morgan fingerprint density at radius 3 is 2.63 bits per heavy atom. The molecular weight excluding hydrogens is 244 g/mol. The molecule has 0 bridgehead atoms. The van der Waals surface area contributed by atoms with Gasteiger partial charge in [0.1, 0.15) is 0 Å². The van der Waals surface area contributed by atoms with E-state index in [0.717, 1.165) is 19.4 Å². The Kier molecular flexibility index (Phi) is 6.28. The van der Waals surface area contributed by atoms with Crippen LogP contribution in [0.5, 0.6) is 0 Å². The Labute approximate surface area is 115 Å². The Bertz CT molecular complexity index is 318. The smallest absolute Gasteiger partial charge is 0.308 e. The summed E-state index contributed by atoms with van der Waals surface area (Å²) in [4.78, 5) is 23.1. The highest BCUT2D eigenvalue weighted by atomic mass is 16.4. The van der Waals surface area contributed by atoms with E-state index in [2.05, 4.69) is 17.6 Å². The number of carbonyl (C=O) groups is 2. The lowest BCUT2D eigenvalue weighted by Crippen LogP contribution is -2.49. The van der Waals surface area contributed by atoms with Gasteiger partial charge in [0.25, 0.3) is 0 Å². The van der Waals surface area contributed by atoms with E-state index in [9.17, 15) is 9.59 Å². The minimum atomic E-state index is -0.834. The molecule has 0 aromatic heterocycles. The lowest BCUT2D eigenvalue weighted by molar-refractivity contribution is -0.142. The molecule has 0 aromatic carbocycles. The molecule has 5 nitrogen and oxygen atoms in total. The highest BCUT2D eigenvalue weighted by molar-refractivity contribution is 5.82. The second-order valence-corrected chi connectivity index (χ2v) is 6.05. The average Bonchev–Trinajstić information content (AvgIpc) is 2.33. The Morgan fingerprint density at radius 2 is 2.11 bits per heavy atom. The molecule has 0 radical (unpaired) electrons. The van der Waals surface area contributed by atoms with Gasteiger partial charge in [0.05, 0.1) is 12.0 Å². The molecule has 19 heavy (non-hydrogen) atoms. The Hall–Kier alpha value is -1.10. The average molecular weight is 270 g/mol. The normalized spacial score (nSPS) is 25.1. The maximum absolute atomic E-state index is 12.0. The van der Waals surface area contributed by atoms with Gasteiger partial charge in [0.2, 0.25) is 5.91 Å². The summed E-state index contributed by atoms with van der Waals surface area (Å²) in [5.41, 5.74) is 0. The van der Waals surface area contributed by atoms with Crippen LogP contribution in [0.25, 0.3) is 0 Å². The van der Waals surface area contributed by atoms with E-state index in [0.29, 0.717) is 18.3 Å². The molecule has 1 aliphatic rings. The zero-order chi connectivity index (χ0) is 14.4. The second-order valence-electron chi connectivity index (χ2n) is 6.05. The first-order valence-corrected chi connectivity index (χ1v) is 7.14. The molecule has 1 amide bonds. The maximum atomic E-state index is 12.0. The van der Waals surface area contributed by atoms with Crippen molar-refractivity contribution in [2.45, 2.75) is 46.1 Å². The third-order valence-corrected chi connectivity index (χ3v) is 3.61. The number of aliphatic carboxylic acids is 1. The summed E-state index contributed by atoms with van der Waals surface area (Å²) in [6, 6.07) is -0.169. The number of nitrogens with one attached hydrogen (secondary N) is 2. The molecule has 3 unspecified atom stereocenters. The van der Waals surface area contributed by atoms with Crippen LogP contribution in [-0.2, 0) is 9.59 Å². The number of hydrogen-bond donors (Lipinski definition) is 3. The van der Waals surface area contributed by atoms with Crippen LogP contribution in [0.3, 0.4) is 0 Å². The summed E-state index contributed by atoms with van der Waals surface area (Å²) in [7, 11) is 0. The Morgan fingerprint density at radius 1 is 1.42 bits per heavy atom. The zero-order valence-corrected chi connectivity index (χ0v) is 12.1.